The lowest BCUT2D eigenvalue weighted by molar-refractivity contribution is -0.697. The molecule has 178 valence electrons. The number of aromatic nitrogens is 1. The molecule has 0 amide bonds. The molecule has 0 saturated carbocycles. The van der Waals surface area contributed by atoms with Gasteiger partial charge >= 0.3 is 0 Å². The van der Waals surface area contributed by atoms with Crippen LogP contribution in [0.2, 0.25) is 0 Å². The van der Waals surface area contributed by atoms with Gasteiger partial charge in [0.2, 0.25) is 0 Å². The maximum Gasteiger partial charge on any atom is 0.268 e. The average molecular weight is 454 g/mol. The summed E-state index contributed by atoms with van der Waals surface area (Å²) >= 11 is 0. The summed E-state index contributed by atoms with van der Waals surface area (Å²) in [7, 11) is -4.19. The minimum Gasteiger partial charge on any atom is -0.756 e. The van der Waals surface area contributed by atoms with Crippen LogP contribution in [-0.2, 0) is 20.2 Å². The highest BCUT2D eigenvalue weighted by molar-refractivity contribution is 7.45. The summed E-state index contributed by atoms with van der Waals surface area (Å²) in [5.41, 5.74) is 0. The summed E-state index contributed by atoms with van der Waals surface area (Å²) in [6.45, 7) is 3.03. The lowest BCUT2D eigenvalue weighted by Gasteiger charge is -2.21. The molecule has 0 saturated heterocycles. The Kier molecular flexibility index (Phi) is 17.8. The Morgan fingerprint density at radius 3 is 1.87 bits per heavy atom. The molecule has 6 heteroatoms. The third-order valence-corrected chi connectivity index (χ3v) is 6.28. The van der Waals surface area contributed by atoms with Crippen LogP contribution in [0.3, 0.4) is 0 Å². The van der Waals surface area contributed by atoms with Crippen molar-refractivity contribution in [1.29, 1.82) is 0 Å². The molecule has 1 unspecified atom stereocenters. The molecule has 5 nitrogen and oxygen atoms in total. The fraction of sp³-hybridized carbons (Fsp3) is 0.720. The first kappa shape index (κ1) is 28.0. The van der Waals surface area contributed by atoms with Crippen LogP contribution >= 0.6 is 7.82 Å². The van der Waals surface area contributed by atoms with Crippen LogP contribution in [0.4, 0.5) is 0 Å². The van der Waals surface area contributed by atoms with Gasteiger partial charge < -0.3 is 13.9 Å². The number of phosphoric acid groups is 1. The summed E-state index contributed by atoms with van der Waals surface area (Å²) in [5, 5.41) is 0. The van der Waals surface area contributed by atoms with Gasteiger partial charge in [0.1, 0.15) is 6.61 Å². The smallest absolute Gasteiger partial charge is 0.268 e. The van der Waals surface area contributed by atoms with E-state index in [9.17, 15) is 9.46 Å². The third-order valence-electron chi connectivity index (χ3n) is 5.28. The van der Waals surface area contributed by atoms with Crippen LogP contribution < -0.4 is 9.46 Å². The van der Waals surface area contributed by atoms with Gasteiger partial charge in [0.15, 0.2) is 18.9 Å². The molecule has 1 aromatic heterocycles. The molecule has 0 N–H and O–H groups in total. The fourth-order valence-electron chi connectivity index (χ4n) is 3.40. The van der Waals surface area contributed by atoms with Crippen LogP contribution in [0.1, 0.15) is 96.8 Å². The molecule has 0 aliphatic carbocycles. The van der Waals surface area contributed by atoms with Gasteiger partial charge in [-0.15, -0.1) is 0 Å². The quantitative estimate of drug-likeness (QED) is 0.0921. The molecule has 31 heavy (non-hydrogen) atoms. The van der Waals surface area contributed by atoms with Crippen molar-refractivity contribution in [2.45, 2.75) is 103 Å². The van der Waals surface area contributed by atoms with Crippen LogP contribution in [0.25, 0.3) is 0 Å². The summed E-state index contributed by atoms with van der Waals surface area (Å²) in [6.07, 6.45) is 25.6. The molecule has 0 aromatic carbocycles. The molecule has 1 aromatic rings. The van der Waals surface area contributed by atoms with Gasteiger partial charge in [-0.25, -0.2) is 4.57 Å². The first-order valence-corrected chi connectivity index (χ1v) is 13.8. The maximum atomic E-state index is 11.7. The van der Waals surface area contributed by atoms with E-state index >= 15 is 0 Å². The van der Waals surface area contributed by atoms with Crippen LogP contribution in [-0.4, -0.2) is 13.2 Å². The Balaban J connectivity index is 1.85. The van der Waals surface area contributed by atoms with Gasteiger partial charge in [-0.3, -0.25) is 4.57 Å². The first-order valence-electron chi connectivity index (χ1n) is 12.3. The molecule has 0 spiro atoms. The molecule has 0 radical (unpaired) electrons. The van der Waals surface area contributed by atoms with Crippen LogP contribution in [0, 0.1) is 0 Å². The van der Waals surface area contributed by atoms with Gasteiger partial charge in [0, 0.05) is 12.1 Å². The highest BCUT2D eigenvalue weighted by Gasteiger charge is 2.10. The monoisotopic (exact) mass is 453 g/mol. The van der Waals surface area contributed by atoms with E-state index in [2.05, 4.69) is 19.1 Å². The number of phosphoric ester groups is 1. The largest absolute Gasteiger partial charge is 0.756 e. The standard InChI is InChI=1S/C25H44NO4P/c1-2-3-4-5-6-7-8-9-10-11-12-13-14-15-16-20-24-29-31(27,28)30-25-23-26-21-18-17-19-22-26/h9-10,17-19,21-22H,2-8,11-16,20,23-25H2,1H3. The molecule has 1 atom stereocenters. The summed E-state index contributed by atoms with van der Waals surface area (Å²) in [4.78, 5) is 11.7. The SMILES string of the molecule is CCCCCCCCC=CCCCCCCCCOP(=O)([O-])OCC[n+]1ccccc1. The van der Waals surface area contributed by atoms with Gasteiger partial charge in [0.25, 0.3) is 7.82 Å². The van der Waals surface area contributed by atoms with Crippen molar-refractivity contribution in [2.75, 3.05) is 13.2 Å². The van der Waals surface area contributed by atoms with Gasteiger partial charge in [-0.2, -0.15) is 0 Å². The number of allylic oxidation sites excluding steroid dienone is 2. The molecule has 0 bridgehead atoms. The van der Waals surface area contributed by atoms with Gasteiger partial charge in [0.05, 0.1) is 6.61 Å². The average Bonchev–Trinajstić information content (AvgIpc) is 2.76. The normalized spacial score (nSPS) is 13.6. The van der Waals surface area contributed by atoms with Crippen molar-refractivity contribution in [3.8, 4) is 0 Å². The number of unbranched alkanes of at least 4 members (excludes halogenated alkanes) is 12. The fourth-order valence-corrected chi connectivity index (χ4v) is 4.14. The molecule has 0 fully saturated rings. The maximum absolute atomic E-state index is 11.7. The Morgan fingerprint density at radius 2 is 1.26 bits per heavy atom. The number of rotatable bonds is 21. The number of hydrogen-bond donors (Lipinski definition) is 0. The zero-order valence-corrected chi connectivity index (χ0v) is 20.5. The van der Waals surface area contributed by atoms with E-state index in [4.69, 9.17) is 9.05 Å². The predicted molar refractivity (Wildman–Crippen MR) is 126 cm³/mol. The Bertz CT molecular complexity index is 594. The highest BCUT2D eigenvalue weighted by Crippen LogP contribution is 2.38. The first-order chi connectivity index (χ1) is 15.1. The second-order valence-electron chi connectivity index (χ2n) is 8.16. The molecule has 1 heterocycles. The Morgan fingerprint density at radius 1 is 0.742 bits per heavy atom. The minimum absolute atomic E-state index is 0.0862. The van der Waals surface area contributed by atoms with E-state index in [1.807, 2.05) is 35.2 Å². The van der Waals surface area contributed by atoms with E-state index < -0.39 is 7.82 Å². The Labute approximate surface area is 190 Å². The van der Waals surface area contributed by atoms with Crippen molar-refractivity contribution < 1.29 is 23.1 Å². The lowest BCUT2D eigenvalue weighted by atomic mass is 10.1. The van der Waals surface area contributed by atoms with E-state index in [-0.39, 0.29) is 13.2 Å². The van der Waals surface area contributed by atoms with Gasteiger partial charge in [-0.1, -0.05) is 82.9 Å². The zero-order chi connectivity index (χ0) is 22.5. The topological polar surface area (TPSA) is 62.5 Å². The van der Waals surface area contributed by atoms with Crippen molar-refractivity contribution in [3.63, 3.8) is 0 Å². The molecule has 1 rings (SSSR count). The lowest BCUT2D eigenvalue weighted by Crippen LogP contribution is -2.34. The van der Waals surface area contributed by atoms with Gasteiger partial charge in [-0.05, 0) is 32.1 Å². The van der Waals surface area contributed by atoms with Crippen molar-refractivity contribution in [3.05, 3.63) is 42.7 Å². The number of hydrogen-bond acceptors (Lipinski definition) is 4. The van der Waals surface area contributed by atoms with Crippen molar-refractivity contribution >= 4 is 7.82 Å². The second-order valence-corrected chi connectivity index (χ2v) is 9.58. The molecular formula is C25H44NO4P. The summed E-state index contributed by atoms with van der Waals surface area (Å²) in [5.74, 6) is 0. The van der Waals surface area contributed by atoms with E-state index in [1.165, 1.54) is 70.6 Å². The minimum atomic E-state index is -4.19. The number of nitrogens with zero attached hydrogens (tertiary/aromatic N) is 1. The highest BCUT2D eigenvalue weighted by atomic mass is 31.2. The van der Waals surface area contributed by atoms with E-state index in [0.717, 1.165) is 19.3 Å². The van der Waals surface area contributed by atoms with Crippen LogP contribution in [0.15, 0.2) is 42.7 Å². The zero-order valence-electron chi connectivity index (χ0n) is 19.6. The molecule has 0 aliphatic rings. The Hall–Kier alpha value is -1.00. The number of pyridine rings is 1. The second kappa shape index (κ2) is 19.7. The third kappa shape index (κ3) is 18.3. The van der Waals surface area contributed by atoms with Crippen LogP contribution in [0.5, 0.6) is 0 Å². The van der Waals surface area contributed by atoms with Crippen molar-refractivity contribution in [2.24, 2.45) is 0 Å². The molecular weight excluding hydrogens is 409 g/mol. The predicted octanol–water partition coefficient (Wildman–Crippen LogP) is 6.51. The van der Waals surface area contributed by atoms with E-state index in [1.54, 1.807) is 0 Å². The summed E-state index contributed by atoms with van der Waals surface area (Å²) < 4.78 is 23.5. The van der Waals surface area contributed by atoms with E-state index in [0.29, 0.717) is 6.54 Å². The van der Waals surface area contributed by atoms with Crippen molar-refractivity contribution in [1.82, 2.24) is 0 Å². The summed E-state index contributed by atoms with van der Waals surface area (Å²) in [6, 6.07) is 5.69. The molecule has 0 aliphatic heterocycles.